The second-order valence-electron chi connectivity index (χ2n) is 3.57. The van der Waals surface area contributed by atoms with Crippen LogP contribution in [-0.4, -0.2) is 16.6 Å². The lowest BCUT2D eigenvalue weighted by molar-refractivity contribution is -0.0498. The van der Waals surface area contributed by atoms with Gasteiger partial charge in [0.25, 0.3) is 0 Å². The molecular weight excluding hydrogens is 252 g/mol. The SMILES string of the molecule is C=Cc1cnc(Nc2ccc(OC(F)F)cc2)nc1. The molecule has 0 spiro atoms. The molecule has 19 heavy (non-hydrogen) atoms. The van der Waals surface area contributed by atoms with Crippen LogP contribution in [-0.2, 0) is 0 Å². The Labute approximate surface area is 108 Å². The number of anilines is 2. The predicted octanol–water partition coefficient (Wildman–Crippen LogP) is 3.46. The number of halogens is 2. The van der Waals surface area contributed by atoms with Crippen molar-refractivity contribution < 1.29 is 13.5 Å². The third-order valence-corrected chi connectivity index (χ3v) is 2.24. The summed E-state index contributed by atoms with van der Waals surface area (Å²) in [5, 5.41) is 2.94. The smallest absolute Gasteiger partial charge is 0.387 e. The fourth-order valence-corrected chi connectivity index (χ4v) is 1.36. The molecular formula is C13H11F2N3O. The van der Waals surface area contributed by atoms with E-state index in [0.29, 0.717) is 11.6 Å². The fourth-order valence-electron chi connectivity index (χ4n) is 1.36. The van der Waals surface area contributed by atoms with Crippen LogP contribution >= 0.6 is 0 Å². The number of ether oxygens (including phenoxy) is 1. The maximum absolute atomic E-state index is 12.0. The maximum Gasteiger partial charge on any atom is 0.387 e. The topological polar surface area (TPSA) is 47.0 Å². The second kappa shape index (κ2) is 5.90. The van der Waals surface area contributed by atoms with Crippen molar-refractivity contribution in [2.75, 3.05) is 5.32 Å². The van der Waals surface area contributed by atoms with Crippen LogP contribution in [0.2, 0.25) is 0 Å². The third kappa shape index (κ3) is 3.74. The van der Waals surface area contributed by atoms with E-state index in [1.807, 2.05) is 0 Å². The molecule has 4 nitrogen and oxygen atoms in total. The molecule has 0 unspecified atom stereocenters. The largest absolute Gasteiger partial charge is 0.435 e. The van der Waals surface area contributed by atoms with E-state index in [2.05, 4.69) is 26.6 Å². The van der Waals surface area contributed by atoms with Gasteiger partial charge >= 0.3 is 6.61 Å². The molecule has 1 aromatic carbocycles. The van der Waals surface area contributed by atoms with Crippen molar-refractivity contribution in [2.24, 2.45) is 0 Å². The predicted molar refractivity (Wildman–Crippen MR) is 68.5 cm³/mol. The molecule has 0 saturated carbocycles. The van der Waals surface area contributed by atoms with E-state index in [-0.39, 0.29) is 5.75 Å². The monoisotopic (exact) mass is 263 g/mol. The number of hydrogen-bond acceptors (Lipinski definition) is 4. The first kappa shape index (κ1) is 12.9. The third-order valence-electron chi connectivity index (χ3n) is 2.24. The summed E-state index contributed by atoms with van der Waals surface area (Å²) in [7, 11) is 0. The number of hydrogen-bond donors (Lipinski definition) is 1. The molecule has 0 atom stereocenters. The van der Waals surface area contributed by atoms with Crippen molar-refractivity contribution in [1.82, 2.24) is 9.97 Å². The van der Waals surface area contributed by atoms with Gasteiger partial charge in [0.1, 0.15) is 5.75 Å². The van der Waals surface area contributed by atoms with Crippen molar-refractivity contribution in [3.05, 3.63) is 48.8 Å². The molecule has 0 bridgehead atoms. The lowest BCUT2D eigenvalue weighted by atomic mass is 10.3. The summed E-state index contributed by atoms with van der Waals surface area (Å²) in [6.07, 6.45) is 4.88. The number of nitrogens with one attached hydrogen (secondary N) is 1. The zero-order valence-corrected chi connectivity index (χ0v) is 9.88. The summed E-state index contributed by atoms with van der Waals surface area (Å²) in [6, 6.07) is 6.07. The summed E-state index contributed by atoms with van der Waals surface area (Å²) in [4.78, 5) is 8.14. The Kier molecular flexibility index (Phi) is 4.02. The Balaban J connectivity index is 2.04. The first-order valence-corrected chi connectivity index (χ1v) is 5.44. The van der Waals surface area contributed by atoms with Gasteiger partial charge in [-0.3, -0.25) is 0 Å². The highest BCUT2D eigenvalue weighted by atomic mass is 19.3. The highest BCUT2D eigenvalue weighted by molar-refractivity contribution is 5.55. The van der Waals surface area contributed by atoms with Crippen LogP contribution in [0.25, 0.3) is 6.08 Å². The Bertz CT molecular complexity index is 541. The summed E-state index contributed by atoms with van der Waals surface area (Å²) in [6.45, 7) is 0.777. The number of aromatic nitrogens is 2. The van der Waals surface area contributed by atoms with Crippen molar-refractivity contribution in [2.45, 2.75) is 6.61 Å². The summed E-state index contributed by atoms with van der Waals surface area (Å²) < 4.78 is 28.2. The van der Waals surface area contributed by atoms with E-state index < -0.39 is 6.61 Å². The van der Waals surface area contributed by atoms with Gasteiger partial charge in [-0.2, -0.15) is 8.78 Å². The average Bonchev–Trinajstić information content (AvgIpc) is 2.41. The van der Waals surface area contributed by atoms with Gasteiger partial charge in [0.2, 0.25) is 5.95 Å². The molecule has 98 valence electrons. The van der Waals surface area contributed by atoms with Gasteiger partial charge in [0, 0.05) is 23.6 Å². The number of alkyl halides is 2. The minimum atomic E-state index is -2.83. The van der Waals surface area contributed by atoms with Gasteiger partial charge < -0.3 is 10.1 Å². The molecule has 0 aliphatic rings. The van der Waals surface area contributed by atoms with Gasteiger partial charge in [0.05, 0.1) is 0 Å². The molecule has 2 rings (SSSR count). The quantitative estimate of drug-likeness (QED) is 0.897. The molecule has 6 heteroatoms. The zero-order valence-electron chi connectivity index (χ0n) is 9.88. The van der Waals surface area contributed by atoms with Crippen LogP contribution in [0.5, 0.6) is 5.75 Å². The van der Waals surface area contributed by atoms with E-state index in [1.54, 1.807) is 30.6 Å². The van der Waals surface area contributed by atoms with Crippen LogP contribution < -0.4 is 10.1 Å². The van der Waals surface area contributed by atoms with Gasteiger partial charge in [-0.1, -0.05) is 12.7 Å². The summed E-state index contributed by atoms with van der Waals surface area (Å²) in [5.41, 5.74) is 1.49. The normalized spacial score (nSPS) is 10.3. The lowest BCUT2D eigenvalue weighted by Gasteiger charge is -2.07. The molecule has 0 radical (unpaired) electrons. The maximum atomic E-state index is 12.0. The fraction of sp³-hybridized carbons (Fsp3) is 0.0769. The minimum Gasteiger partial charge on any atom is -0.435 e. The van der Waals surface area contributed by atoms with Crippen LogP contribution in [0.1, 0.15) is 5.56 Å². The highest BCUT2D eigenvalue weighted by Gasteiger charge is 2.04. The van der Waals surface area contributed by atoms with Crippen LogP contribution in [0.4, 0.5) is 20.4 Å². The zero-order chi connectivity index (χ0) is 13.7. The molecule has 1 aromatic heterocycles. The average molecular weight is 263 g/mol. The van der Waals surface area contributed by atoms with Gasteiger partial charge in [-0.05, 0) is 24.3 Å². The Morgan fingerprint density at radius 1 is 1.16 bits per heavy atom. The molecule has 0 aliphatic carbocycles. The first-order chi connectivity index (χ1) is 9.17. The van der Waals surface area contributed by atoms with E-state index >= 15 is 0 Å². The highest BCUT2D eigenvalue weighted by Crippen LogP contribution is 2.19. The Morgan fingerprint density at radius 2 is 1.79 bits per heavy atom. The minimum absolute atomic E-state index is 0.100. The number of rotatable bonds is 5. The lowest BCUT2D eigenvalue weighted by Crippen LogP contribution is -2.02. The molecule has 0 saturated heterocycles. The van der Waals surface area contributed by atoms with Crippen LogP contribution in [0.3, 0.4) is 0 Å². The molecule has 0 amide bonds. The van der Waals surface area contributed by atoms with Crippen molar-refractivity contribution in [3.63, 3.8) is 0 Å². The Morgan fingerprint density at radius 3 is 2.32 bits per heavy atom. The number of nitrogens with zero attached hydrogens (tertiary/aromatic N) is 2. The van der Waals surface area contributed by atoms with Gasteiger partial charge in [-0.15, -0.1) is 0 Å². The Hall–Kier alpha value is -2.50. The van der Waals surface area contributed by atoms with E-state index in [0.717, 1.165) is 5.56 Å². The van der Waals surface area contributed by atoms with Gasteiger partial charge in [0.15, 0.2) is 0 Å². The number of benzene rings is 1. The molecule has 1 heterocycles. The van der Waals surface area contributed by atoms with Crippen LogP contribution in [0.15, 0.2) is 43.2 Å². The molecule has 2 aromatic rings. The van der Waals surface area contributed by atoms with E-state index in [9.17, 15) is 8.78 Å². The van der Waals surface area contributed by atoms with Crippen LogP contribution in [0, 0.1) is 0 Å². The molecule has 0 aliphatic heterocycles. The van der Waals surface area contributed by atoms with Crippen molar-refractivity contribution in [1.29, 1.82) is 0 Å². The second-order valence-corrected chi connectivity index (χ2v) is 3.57. The summed E-state index contributed by atoms with van der Waals surface area (Å²) in [5.74, 6) is 0.511. The molecule has 0 fully saturated rings. The van der Waals surface area contributed by atoms with E-state index in [1.165, 1.54) is 12.1 Å². The molecule has 1 N–H and O–H groups in total. The van der Waals surface area contributed by atoms with E-state index in [4.69, 9.17) is 0 Å². The van der Waals surface area contributed by atoms with Gasteiger partial charge in [-0.25, -0.2) is 9.97 Å². The standard InChI is InChI=1S/C13H11F2N3O/c1-2-9-7-16-13(17-8-9)18-10-3-5-11(6-4-10)19-12(14)15/h2-8,12H,1H2,(H,16,17,18). The van der Waals surface area contributed by atoms with Crippen molar-refractivity contribution in [3.8, 4) is 5.75 Å². The summed E-state index contributed by atoms with van der Waals surface area (Å²) >= 11 is 0. The van der Waals surface area contributed by atoms with Crippen molar-refractivity contribution >= 4 is 17.7 Å². The first-order valence-electron chi connectivity index (χ1n) is 5.44.